The van der Waals surface area contributed by atoms with E-state index in [4.69, 9.17) is 9.72 Å². The van der Waals surface area contributed by atoms with Crippen LogP contribution in [0, 0.1) is 0 Å². The molecular weight excluding hydrogens is 458 g/mol. The molecule has 192 valence electrons. The third-order valence-electron chi connectivity index (χ3n) is 7.03. The molecule has 2 saturated heterocycles. The van der Waals surface area contributed by atoms with Crippen molar-refractivity contribution in [3.05, 3.63) is 30.4 Å². The van der Waals surface area contributed by atoms with Crippen molar-refractivity contribution in [2.24, 2.45) is 0 Å². The Hall–Kier alpha value is -3.31. The van der Waals surface area contributed by atoms with Gasteiger partial charge < -0.3 is 29.3 Å². The van der Waals surface area contributed by atoms with Crippen LogP contribution in [0.1, 0.15) is 43.3 Å². The first-order chi connectivity index (χ1) is 17.4. The highest BCUT2D eigenvalue weighted by Gasteiger charge is 2.27. The molecule has 0 bridgehead atoms. The van der Waals surface area contributed by atoms with Gasteiger partial charge in [-0.3, -0.25) is 4.79 Å². The quantitative estimate of drug-likeness (QED) is 0.555. The molecule has 0 unspecified atom stereocenters. The van der Waals surface area contributed by atoms with E-state index in [0.29, 0.717) is 48.1 Å². The number of pyridine rings is 1. The molecule has 0 atom stereocenters. The number of ether oxygens (including phenoxy) is 1. The summed E-state index contributed by atoms with van der Waals surface area (Å²) < 4.78 is 7.48. The zero-order chi connectivity index (χ0) is 25.2. The number of methoxy groups -OCH3 is 1. The zero-order valence-corrected chi connectivity index (χ0v) is 21.5. The lowest BCUT2D eigenvalue weighted by Crippen LogP contribution is -2.47. The number of anilines is 3. The number of nitrogens with one attached hydrogen (secondary N) is 1. The number of piperidine rings is 1. The normalized spacial score (nSPS) is 17.8. The van der Waals surface area contributed by atoms with Gasteiger partial charge in [0, 0.05) is 64.7 Å². The summed E-state index contributed by atoms with van der Waals surface area (Å²) in [5.74, 6) is 2.45. The Morgan fingerprint density at radius 1 is 1.06 bits per heavy atom. The fourth-order valence-electron chi connectivity index (χ4n) is 4.88. The number of piperazine rings is 1. The number of hydrogen-bond acceptors (Lipinski definition) is 9. The molecule has 2 aliphatic heterocycles. The van der Waals surface area contributed by atoms with Crippen molar-refractivity contribution in [3.63, 3.8) is 0 Å². The zero-order valence-electron chi connectivity index (χ0n) is 21.5. The number of carbonyl (C=O) groups is 1. The smallest absolute Gasteiger partial charge is 0.289 e. The number of rotatable bonds is 6. The molecule has 3 aromatic heterocycles. The van der Waals surface area contributed by atoms with Crippen LogP contribution in [0.2, 0.25) is 0 Å². The Labute approximate surface area is 211 Å². The summed E-state index contributed by atoms with van der Waals surface area (Å²) in [5.41, 5.74) is 1.58. The summed E-state index contributed by atoms with van der Waals surface area (Å²) >= 11 is 0. The molecule has 2 aliphatic rings. The van der Waals surface area contributed by atoms with Crippen molar-refractivity contribution < 1.29 is 9.53 Å². The minimum atomic E-state index is -0.0276. The van der Waals surface area contributed by atoms with Gasteiger partial charge in [-0.25, -0.2) is 15.0 Å². The Morgan fingerprint density at radius 2 is 1.81 bits per heavy atom. The summed E-state index contributed by atoms with van der Waals surface area (Å²) in [5, 5.41) is 3.31. The van der Waals surface area contributed by atoms with Crippen LogP contribution in [-0.4, -0.2) is 99.7 Å². The van der Waals surface area contributed by atoms with Crippen LogP contribution in [0.15, 0.2) is 24.5 Å². The number of fused-ring (bicyclic) bond motifs is 1. The van der Waals surface area contributed by atoms with Gasteiger partial charge in [-0.2, -0.15) is 4.98 Å². The van der Waals surface area contributed by atoms with Crippen molar-refractivity contribution in [2.45, 2.75) is 38.8 Å². The van der Waals surface area contributed by atoms with Crippen LogP contribution in [0.25, 0.3) is 11.0 Å². The lowest BCUT2D eigenvalue weighted by atomic mass is 10.1. The van der Waals surface area contributed by atoms with Gasteiger partial charge in [0.15, 0.2) is 0 Å². The first-order valence-electron chi connectivity index (χ1n) is 12.7. The lowest BCUT2D eigenvalue weighted by Gasteiger charge is -2.32. The van der Waals surface area contributed by atoms with Gasteiger partial charge in [-0.1, -0.05) is 0 Å². The largest absolute Gasteiger partial charge is 0.381 e. The van der Waals surface area contributed by atoms with Crippen LogP contribution < -0.4 is 10.2 Å². The average Bonchev–Trinajstić information content (AvgIpc) is 3.28. The minimum Gasteiger partial charge on any atom is -0.381 e. The molecular formula is C25H35N9O2. The van der Waals surface area contributed by atoms with E-state index in [1.807, 2.05) is 21.6 Å². The first kappa shape index (κ1) is 24.4. The Kier molecular flexibility index (Phi) is 7.01. The predicted octanol–water partition coefficient (Wildman–Crippen LogP) is 2.55. The highest BCUT2D eigenvalue weighted by molar-refractivity contribution is 5.95. The molecule has 0 saturated carbocycles. The van der Waals surface area contributed by atoms with E-state index < -0.39 is 0 Å². The summed E-state index contributed by atoms with van der Waals surface area (Å²) in [7, 11) is 3.84. The van der Waals surface area contributed by atoms with Gasteiger partial charge in [-0.05, 0) is 39.8 Å². The van der Waals surface area contributed by atoms with Gasteiger partial charge in [0.05, 0.1) is 17.8 Å². The van der Waals surface area contributed by atoms with Gasteiger partial charge in [0.2, 0.25) is 11.8 Å². The highest BCUT2D eigenvalue weighted by Crippen LogP contribution is 2.26. The molecule has 11 heteroatoms. The van der Waals surface area contributed by atoms with E-state index in [1.54, 1.807) is 19.5 Å². The van der Waals surface area contributed by atoms with E-state index in [0.717, 1.165) is 44.5 Å². The van der Waals surface area contributed by atoms with Gasteiger partial charge >= 0.3 is 0 Å². The molecule has 1 N–H and O–H groups in total. The summed E-state index contributed by atoms with van der Waals surface area (Å²) in [6.45, 7) is 9.02. The van der Waals surface area contributed by atoms with Gasteiger partial charge in [0.1, 0.15) is 17.2 Å². The van der Waals surface area contributed by atoms with Crippen LogP contribution >= 0.6 is 0 Å². The van der Waals surface area contributed by atoms with Crippen LogP contribution in [-0.2, 0) is 4.74 Å². The van der Waals surface area contributed by atoms with Crippen LogP contribution in [0.3, 0.4) is 0 Å². The van der Waals surface area contributed by atoms with Crippen LogP contribution in [0.5, 0.6) is 0 Å². The maximum atomic E-state index is 13.4. The van der Waals surface area contributed by atoms with E-state index in [1.165, 1.54) is 0 Å². The number of aromatic nitrogens is 5. The molecule has 3 aromatic rings. The molecule has 0 spiro atoms. The molecule has 2 fully saturated rings. The Bertz CT molecular complexity index is 1210. The maximum absolute atomic E-state index is 13.4. The highest BCUT2D eigenvalue weighted by atomic mass is 16.5. The topological polar surface area (TPSA) is 105 Å². The van der Waals surface area contributed by atoms with Crippen molar-refractivity contribution >= 4 is 34.5 Å². The Morgan fingerprint density at radius 3 is 2.50 bits per heavy atom. The monoisotopic (exact) mass is 493 g/mol. The van der Waals surface area contributed by atoms with E-state index >= 15 is 0 Å². The first-order valence-corrected chi connectivity index (χ1v) is 12.7. The molecule has 36 heavy (non-hydrogen) atoms. The molecule has 1 amide bonds. The van der Waals surface area contributed by atoms with Crippen molar-refractivity contribution in [1.29, 1.82) is 0 Å². The second-order valence-electron chi connectivity index (χ2n) is 9.84. The Balaban J connectivity index is 1.38. The van der Waals surface area contributed by atoms with Crippen molar-refractivity contribution in [3.8, 4) is 0 Å². The maximum Gasteiger partial charge on any atom is 0.289 e. The summed E-state index contributed by atoms with van der Waals surface area (Å²) in [6, 6.07) is 3.84. The molecule has 5 rings (SSSR count). The predicted molar refractivity (Wildman–Crippen MR) is 139 cm³/mol. The van der Waals surface area contributed by atoms with Gasteiger partial charge in [-0.15, -0.1) is 0 Å². The second-order valence-corrected chi connectivity index (χ2v) is 9.84. The van der Waals surface area contributed by atoms with Crippen molar-refractivity contribution in [1.82, 2.24) is 34.3 Å². The molecule has 11 nitrogen and oxygen atoms in total. The molecule has 0 aliphatic carbocycles. The van der Waals surface area contributed by atoms with E-state index in [9.17, 15) is 4.79 Å². The number of carbonyl (C=O) groups excluding carboxylic acids is 1. The van der Waals surface area contributed by atoms with Crippen LogP contribution in [0.4, 0.5) is 17.6 Å². The lowest BCUT2D eigenvalue weighted by molar-refractivity contribution is 0.0646. The number of hydrogen-bond donors (Lipinski definition) is 1. The molecule has 0 radical (unpaired) electrons. The minimum absolute atomic E-state index is 0.0276. The third-order valence-corrected chi connectivity index (χ3v) is 7.03. The van der Waals surface area contributed by atoms with Crippen molar-refractivity contribution in [2.75, 3.05) is 63.6 Å². The SMILES string of the molecule is COC1CCN(c2nccc(Nc3cc4c(cn3)nc(C(=O)N3CCN(C)CC3)n4C(C)C)n2)CC1. The van der Waals surface area contributed by atoms with Gasteiger partial charge in [0.25, 0.3) is 5.91 Å². The molecule has 0 aromatic carbocycles. The number of likely N-dealkylation sites (N-methyl/N-ethyl adjacent to an activating group) is 1. The third kappa shape index (κ3) is 4.98. The fourth-order valence-corrected chi connectivity index (χ4v) is 4.88. The summed E-state index contributed by atoms with van der Waals surface area (Å²) in [4.78, 5) is 38.1. The molecule has 5 heterocycles. The second kappa shape index (κ2) is 10.4. The standard InChI is InChI=1S/C25H35N9O2/c1-17(2)34-20-15-22(27-16-19(20)28-23(34)24(35)32-13-11-31(3)12-14-32)29-21-5-8-26-25(30-21)33-9-6-18(36-4)7-10-33/h5,8,15-18H,6-7,9-14H2,1-4H3,(H,26,27,29,30). The van der Waals surface area contributed by atoms with E-state index in [2.05, 4.69) is 51.0 Å². The fraction of sp³-hybridized carbons (Fsp3) is 0.560. The van der Waals surface area contributed by atoms with E-state index in [-0.39, 0.29) is 11.9 Å². The average molecular weight is 494 g/mol. The number of nitrogens with zero attached hydrogens (tertiary/aromatic N) is 8. The summed E-state index contributed by atoms with van der Waals surface area (Å²) in [6.07, 6.45) is 5.71. The number of imidazole rings is 1. The number of amides is 1.